The maximum atomic E-state index is 12.0. The van der Waals surface area contributed by atoms with E-state index in [0.717, 1.165) is 19.4 Å². The Morgan fingerprint density at radius 3 is 2.76 bits per heavy atom. The van der Waals surface area contributed by atoms with Gasteiger partial charge in [-0.1, -0.05) is 0 Å². The van der Waals surface area contributed by atoms with Gasteiger partial charge in [-0.15, -0.1) is 0 Å². The van der Waals surface area contributed by atoms with Crippen LogP contribution in [-0.4, -0.2) is 42.8 Å². The van der Waals surface area contributed by atoms with E-state index in [1.54, 1.807) is 0 Å². The summed E-state index contributed by atoms with van der Waals surface area (Å²) in [4.78, 5) is 2.52. The van der Waals surface area contributed by atoms with E-state index in [2.05, 4.69) is 10.2 Å². The fourth-order valence-electron chi connectivity index (χ4n) is 3.00. The zero-order valence-electron chi connectivity index (χ0n) is 10.1. The van der Waals surface area contributed by atoms with Gasteiger partial charge in [0.15, 0.2) is 0 Å². The molecule has 0 saturated carbocycles. The van der Waals surface area contributed by atoms with Crippen molar-refractivity contribution in [3.8, 4) is 0 Å². The van der Waals surface area contributed by atoms with Crippen LogP contribution in [0, 0.1) is 0 Å². The van der Waals surface area contributed by atoms with Crippen LogP contribution >= 0.6 is 0 Å². The normalized spacial score (nSPS) is 30.5. The van der Waals surface area contributed by atoms with E-state index >= 15 is 0 Å². The van der Waals surface area contributed by atoms with Crippen molar-refractivity contribution in [1.82, 2.24) is 10.2 Å². The molecule has 2 unspecified atom stereocenters. The molecule has 17 heavy (non-hydrogen) atoms. The number of rotatable bonds is 4. The Morgan fingerprint density at radius 1 is 1.18 bits per heavy atom. The molecule has 0 amide bonds. The van der Waals surface area contributed by atoms with E-state index in [9.17, 15) is 13.2 Å². The number of piperidine rings is 1. The lowest BCUT2D eigenvalue weighted by Gasteiger charge is -2.35. The SMILES string of the molecule is FC(F)(F)CCCNC1CCN2CCCC2C1. The molecule has 5 heteroatoms. The Kier molecular flexibility index (Phi) is 4.31. The molecule has 0 bridgehead atoms. The molecule has 2 heterocycles. The van der Waals surface area contributed by atoms with Gasteiger partial charge in [-0.3, -0.25) is 0 Å². The van der Waals surface area contributed by atoms with E-state index in [1.165, 1.54) is 19.4 Å². The largest absolute Gasteiger partial charge is 0.389 e. The summed E-state index contributed by atoms with van der Waals surface area (Å²) in [5.41, 5.74) is 0. The quantitative estimate of drug-likeness (QED) is 0.771. The number of nitrogens with zero attached hydrogens (tertiary/aromatic N) is 1. The number of halogens is 3. The van der Waals surface area contributed by atoms with Crippen molar-refractivity contribution in [2.45, 2.75) is 56.8 Å². The fraction of sp³-hybridized carbons (Fsp3) is 1.00. The van der Waals surface area contributed by atoms with Crippen LogP contribution in [-0.2, 0) is 0 Å². The molecule has 1 N–H and O–H groups in total. The van der Waals surface area contributed by atoms with Crippen LogP contribution in [0.2, 0.25) is 0 Å². The topological polar surface area (TPSA) is 15.3 Å². The zero-order chi connectivity index (χ0) is 12.3. The first-order valence-corrected chi connectivity index (χ1v) is 6.59. The van der Waals surface area contributed by atoms with Gasteiger partial charge >= 0.3 is 6.18 Å². The van der Waals surface area contributed by atoms with Crippen LogP contribution in [0.1, 0.15) is 38.5 Å². The van der Waals surface area contributed by atoms with Crippen molar-refractivity contribution < 1.29 is 13.2 Å². The molecule has 100 valence electrons. The lowest BCUT2D eigenvalue weighted by Crippen LogP contribution is -2.45. The summed E-state index contributed by atoms with van der Waals surface area (Å²) in [5.74, 6) is 0. The lowest BCUT2D eigenvalue weighted by atomic mass is 9.97. The summed E-state index contributed by atoms with van der Waals surface area (Å²) in [6, 6.07) is 1.12. The lowest BCUT2D eigenvalue weighted by molar-refractivity contribution is -0.135. The van der Waals surface area contributed by atoms with E-state index in [4.69, 9.17) is 0 Å². The summed E-state index contributed by atoms with van der Waals surface area (Å²) in [6.45, 7) is 2.82. The first-order valence-electron chi connectivity index (χ1n) is 6.59. The Hall–Kier alpha value is -0.290. The molecule has 2 nitrogen and oxygen atoms in total. The number of nitrogens with one attached hydrogen (secondary N) is 1. The molecule has 0 aliphatic carbocycles. The summed E-state index contributed by atoms with van der Waals surface area (Å²) in [7, 11) is 0. The van der Waals surface area contributed by atoms with Crippen molar-refractivity contribution in [3.05, 3.63) is 0 Å². The average molecular weight is 250 g/mol. The van der Waals surface area contributed by atoms with Gasteiger partial charge in [0.2, 0.25) is 0 Å². The Bertz CT molecular complexity index is 242. The third-order valence-corrected chi connectivity index (χ3v) is 3.89. The van der Waals surface area contributed by atoms with Crippen LogP contribution < -0.4 is 5.32 Å². The fourth-order valence-corrected chi connectivity index (χ4v) is 3.00. The monoisotopic (exact) mass is 250 g/mol. The predicted molar refractivity (Wildman–Crippen MR) is 60.9 cm³/mol. The molecule has 2 aliphatic heterocycles. The first-order chi connectivity index (χ1) is 8.04. The number of hydrogen-bond acceptors (Lipinski definition) is 2. The second-order valence-corrected chi connectivity index (χ2v) is 5.23. The van der Waals surface area contributed by atoms with Crippen LogP contribution in [0.3, 0.4) is 0 Å². The van der Waals surface area contributed by atoms with E-state index < -0.39 is 12.6 Å². The van der Waals surface area contributed by atoms with Crippen molar-refractivity contribution in [2.75, 3.05) is 19.6 Å². The molecule has 0 aromatic carbocycles. The number of alkyl halides is 3. The highest BCUT2D eigenvalue weighted by atomic mass is 19.4. The Balaban J connectivity index is 1.60. The minimum atomic E-state index is -4.00. The average Bonchev–Trinajstić information content (AvgIpc) is 2.70. The molecule has 2 fully saturated rings. The van der Waals surface area contributed by atoms with Crippen molar-refractivity contribution >= 4 is 0 Å². The minimum absolute atomic E-state index is 0.203. The molecule has 2 aliphatic rings. The summed E-state index contributed by atoms with van der Waals surface area (Å²) in [5, 5.41) is 3.28. The molecule has 2 atom stereocenters. The standard InChI is InChI=1S/C12H21F3N2/c13-12(14,15)5-2-6-16-10-4-8-17-7-1-3-11(17)9-10/h10-11,16H,1-9H2. The highest BCUT2D eigenvalue weighted by molar-refractivity contribution is 4.89. The Morgan fingerprint density at radius 2 is 2.00 bits per heavy atom. The predicted octanol–water partition coefficient (Wildman–Crippen LogP) is 2.55. The van der Waals surface area contributed by atoms with Crippen molar-refractivity contribution in [3.63, 3.8) is 0 Å². The van der Waals surface area contributed by atoms with Crippen LogP contribution in [0.5, 0.6) is 0 Å². The molecular formula is C12H21F3N2. The third kappa shape index (κ3) is 4.14. The van der Waals surface area contributed by atoms with E-state index in [0.29, 0.717) is 18.6 Å². The van der Waals surface area contributed by atoms with E-state index in [1.807, 2.05) is 0 Å². The smallest absolute Gasteiger partial charge is 0.314 e. The molecule has 0 spiro atoms. The molecule has 2 rings (SSSR count). The van der Waals surface area contributed by atoms with Gasteiger partial charge in [-0.25, -0.2) is 0 Å². The van der Waals surface area contributed by atoms with Gasteiger partial charge in [-0.2, -0.15) is 13.2 Å². The van der Waals surface area contributed by atoms with Crippen molar-refractivity contribution in [1.29, 1.82) is 0 Å². The van der Waals surface area contributed by atoms with Gasteiger partial charge in [0.1, 0.15) is 0 Å². The van der Waals surface area contributed by atoms with Gasteiger partial charge in [-0.05, 0) is 51.7 Å². The van der Waals surface area contributed by atoms with E-state index in [-0.39, 0.29) is 6.42 Å². The molecule has 0 radical (unpaired) electrons. The van der Waals surface area contributed by atoms with Gasteiger partial charge in [0.05, 0.1) is 0 Å². The van der Waals surface area contributed by atoms with Crippen LogP contribution in [0.15, 0.2) is 0 Å². The Labute approximate surface area is 101 Å². The first kappa shape index (κ1) is 13.1. The summed E-state index contributed by atoms with van der Waals surface area (Å²) >= 11 is 0. The van der Waals surface area contributed by atoms with Crippen LogP contribution in [0.25, 0.3) is 0 Å². The highest BCUT2D eigenvalue weighted by Crippen LogP contribution is 2.27. The van der Waals surface area contributed by atoms with Gasteiger partial charge < -0.3 is 10.2 Å². The second-order valence-electron chi connectivity index (χ2n) is 5.23. The van der Waals surface area contributed by atoms with Gasteiger partial charge in [0, 0.05) is 18.5 Å². The molecule has 0 aromatic heterocycles. The minimum Gasteiger partial charge on any atom is -0.314 e. The molecule has 2 saturated heterocycles. The highest BCUT2D eigenvalue weighted by Gasteiger charge is 2.31. The molecule has 0 aromatic rings. The van der Waals surface area contributed by atoms with Crippen molar-refractivity contribution in [2.24, 2.45) is 0 Å². The number of fused-ring (bicyclic) bond motifs is 1. The summed E-state index contributed by atoms with van der Waals surface area (Å²) < 4.78 is 35.9. The summed E-state index contributed by atoms with van der Waals surface area (Å²) in [6.07, 6.45) is 0.286. The van der Waals surface area contributed by atoms with Crippen LogP contribution in [0.4, 0.5) is 13.2 Å². The second kappa shape index (κ2) is 5.57. The third-order valence-electron chi connectivity index (χ3n) is 3.89. The number of hydrogen-bond donors (Lipinski definition) is 1. The zero-order valence-corrected chi connectivity index (χ0v) is 10.1. The maximum absolute atomic E-state index is 12.0. The molecular weight excluding hydrogens is 229 g/mol. The van der Waals surface area contributed by atoms with Gasteiger partial charge in [0.25, 0.3) is 0 Å². The maximum Gasteiger partial charge on any atom is 0.389 e.